The molecule has 3 rings (SSSR count). The van der Waals surface area contributed by atoms with E-state index >= 15 is 0 Å². The molecule has 3 amide bonds. The van der Waals surface area contributed by atoms with Gasteiger partial charge in [-0.3, -0.25) is 14.5 Å². The Balaban J connectivity index is 1.76. The van der Waals surface area contributed by atoms with E-state index in [1.165, 1.54) is 11.8 Å². The molecule has 7 nitrogen and oxygen atoms in total. The molecule has 1 saturated heterocycles. The molecule has 7 heteroatoms. The van der Waals surface area contributed by atoms with Crippen molar-refractivity contribution < 1.29 is 19.1 Å². The van der Waals surface area contributed by atoms with Gasteiger partial charge in [-0.25, -0.2) is 4.79 Å². The number of nitrogens with one attached hydrogen (secondary N) is 1. The van der Waals surface area contributed by atoms with E-state index in [1.807, 2.05) is 25.1 Å². The second kappa shape index (κ2) is 5.91. The van der Waals surface area contributed by atoms with E-state index < -0.39 is 6.09 Å². The van der Waals surface area contributed by atoms with Gasteiger partial charge in [0.15, 0.2) is 0 Å². The molecule has 0 radical (unpaired) electrons. The molecule has 0 unspecified atom stereocenters. The fourth-order valence-electron chi connectivity index (χ4n) is 2.98. The molecule has 0 spiro atoms. The van der Waals surface area contributed by atoms with Crippen molar-refractivity contribution in [2.75, 3.05) is 29.4 Å². The Labute approximate surface area is 134 Å². The third-order valence-electron chi connectivity index (χ3n) is 4.08. The number of ether oxygens (including phenoxy) is 1. The second-order valence-corrected chi connectivity index (χ2v) is 5.68. The van der Waals surface area contributed by atoms with Gasteiger partial charge in [0.05, 0.1) is 19.5 Å². The molecule has 122 valence electrons. The van der Waals surface area contributed by atoms with Crippen LogP contribution in [-0.2, 0) is 20.7 Å². The smallest absolute Gasteiger partial charge is 0.414 e. The number of carbonyl (C=O) groups is 3. The minimum Gasteiger partial charge on any atom is -0.442 e. The van der Waals surface area contributed by atoms with Gasteiger partial charge in [0.25, 0.3) is 0 Å². The average Bonchev–Trinajstić information content (AvgIpc) is 3.03. The highest BCUT2D eigenvalue weighted by Gasteiger charge is 2.34. The highest BCUT2D eigenvalue weighted by molar-refractivity contribution is 6.02. The standard InChI is InChI=1S/C16H19N3O4/c1-3-18-14-5-4-12(6-11(14)7-15(18)21)19-9-13(23-16(19)22)8-17-10(2)20/h4-6,13H,3,7-9H2,1-2H3,(H,17,20)/t13-/m0/s1. The number of hydrogen-bond acceptors (Lipinski definition) is 4. The quantitative estimate of drug-likeness (QED) is 0.900. The number of likely N-dealkylation sites (N-methyl/N-ethyl adjacent to an activating group) is 1. The predicted octanol–water partition coefficient (Wildman–Crippen LogP) is 1.06. The minimum atomic E-state index is -0.433. The van der Waals surface area contributed by atoms with Crippen molar-refractivity contribution in [3.63, 3.8) is 0 Å². The fraction of sp³-hybridized carbons (Fsp3) is 0.438. The number of carbonyl (C=O) groups excluding carboxylic acids is 3. The summed E-state index contributed by atoms with van der Waals surface area (Å²) in [7, 11) is 0. The van der Waals surface area contributed by atoms with Gasteiger partial charge in [-0.1, -0.05) is 0 Å². The van der Waals surface area contributed by atoms with Crippen LogP contribution >= 0.6 is 0 Å². The average molecular weight is 317 g/mol. The van der Waals surface area contributed by atoms with E-state index in [0.717, 1.165) is 11.3 Å². The van der Waals surface area contributed by atoms with Crippen LogP contribution < -0.4 is 15.1 Å². The van der Waals surface area contributed by atoms with E-state index in [9.17, 15) is 14.4 Å². The van der Waals surface area contributed by atoms with Gasteiger partial charge in [0.1, 0.15) is 6.10 Å². The van der Waals surface area contributed by atoms with Crippen molar-refractivity contribution in [2.24, 2.45) is 0 Å². The maximum absolute atomic E-state index is 12.0. The van der Waals surface area contributed by atoms with E-state index in [-0.39, 0.29) is 17.9 Å². The summed E-state index contributed by atoms with van der Waals surface area (Å²) < 4.78 is 5.26. The fourth-order valence-corrected chi connectivity index (χ4v) is 2.98. The maximum atomic E-state index is 12.0. The summed E-state index contributed by atoms with van der Waals surface area (Å²) in [4.78, 5) is 38.2. The number of benzene rings is 1. The van der Waals surface area contributed by atoms with Gasteiger partial charge in [-0.15, -0.1) is 0 Å². The lowest BCUT2D eigenvalue weighted by molar-refractivity contribution is -0.119. The predicted molar refractivity (Wildman–Crippen MR) is 84.5 cm³/mol. The first-order valence-corrected chi connectivity index (χ1v) is 7.65. The summed E-state index contributed by atoms with van der Waals surface area (Å²) in [5.74, 6) is -0.0811. The molecular weight excluding hydrogens is 298 g/mol. The lowest BCUT2D eigenvalue weighted by Gasteiger charge is -2.17. The Morgan fingerprint density at radius 2 is 2.17 bits per heavy atom. The number of fused-ring (bicyclic) bond motifs is 1. The molecule has 23 heavy (non-hydrogen) atoms. The van der Waals surface area contributed by atoms with Crippen LogP contribution in [0.3, 0.4) is 0 Å². The van der Waals surface area contributed by atoms with Crippen LogP contribution in [0.15, 0.2) is 18.2 Å². The number of anilines is 2. The van der Waals surface area contributed by atoms with Crippen LogP contribution in [0.4, 0.5) is 16.2 Å². The highest BCUT2D eigenvalue weighted by atomic mass is 16.6. The van der Waals surface area contributed by atoms with Crippen molar-refractivity contribution in [3.8, 4) is 0 Å². The molecule has 0 saturated carbocycles. The van der Waals surface area contributed by atoms with E-state index in [2.05, 4.69) is 5.32 Å². The summed E-state index contributed by atoms with van der Waals surface area (Å²) in [5.41, 5.74) is 2.54. The minimum absolute atomic E-state index is 0.0761. The van der Waals surface area contributed by atoms with Gasteiger partial charge in [0.2, 0.25) is 11.8 Å². The number of hydrogen-bond donors (Lipinski definition) is 1. The molecule has 1 aromatic carbocycles. The lowest BCUT2D eigenvalue weighted by Crippen LogP contribution is -2.33. The Hall–Kier alpha value is -2.57. The van der Waals surface area contributed by atoms with Crippen molar-refractivity contribution >= 4 is 29.3 Å². The van der Waals surface area contributed by atoms with Crippen molar-refractivity contribution in [3.05, 3.63) is 23.8 Å². The Bertz CT molecular complexity index is 673. The van der Waals surface area contributed by atoms with Crippen LogP contribution in [-0.4, -0.2) is 43.6 Å². The molecule has 1 fully saturated rings. The summed E-state index contributed by atoms with van der Waals surface area (Å²) in [6, 6.07) is 5.56. The van der Waals surface area contributed by atoms with Crippen LogP contribution in [0.2, 0.25) is 0 Å². The SMILES string of the molecule is CCN1C(=O)Cc2cc(N3C[C@H](CNC(C)=O)OC3=O)ccc21. The number of cyclic esters (lactones) is 1. The van der Waals surface area contributed by atoms with Crippen molar-refractivity contribution in [1.29, 1.82) is 0 Å². The van der Waals surface area contributed by atoms with E-state index in [0.29, 0.717) is 31.7 Å². The third-order valence-corrected chi connectivity index (χ3v) is 4.08. The maximum Gasteiger partial charge on any atom is 0.414 e. The van der Waals surface area contributed by atoms with Crippen LogP contribution in [0.25, 0.3) is 0 Å². The Morgan fingerprint density at radius 1 is 1.39 bits per heavy atom. The molecule has 2 heterocycles. The molecule has 1 aromatic rings. The molecule has 0 aromatic heterocycles. The van der Waals surface area contributed by atoms with Gasteiger partial charge in [-0.05, 0) is 30.7 Å². The van der Waals surface area contributed by atoms with E-state index in [1.54, 1.807) is 4.90 Å². The van der Waals surface area contributed by atoms with Crippen molar-refractivity contribution in [1.82, 2.24) is 5.32 Å². The molecule has 2 aliphatic rings. The first kappa shape index (κ1) is 15.3. The highest BCUT2D eigenvalue weighted by Crippen LogP contribution is 2.33. The molecule has 0 aliphatic carbocycles. The van der Waals surface area contributed by atoms with E-state index in [4.69, 9.17) is 4.74 Å². The lowest BCUT2D eigenvalue weighted by atomic mass is 10.1. The first-order chi connectivity index (χ1) is 11.0. The topological polar surface area (TPSA) is 79.0 Å². The molecule has 2 aliphatic heterocycles. The van der Waals surface area contributed by atoms with Crippen LogP contribution in [0, 0.1) is 0 Å². The molecular formula is C16H19N3O4. The van der Waals surface area contributed by atoms with Gasteiger partial charge >= 0.3 is 6.09 Å². The van der Waals surface area contributed by atoms with Gasteiger partial charge < -0.3 is 15.0 Å². The summed E-state index contributed by atoms with van der Waals surface area (Å²) in [6.45, 7) is 4.67. The zero-order chi connectivity index (χ0) is 16.6. The summed E-state index contributed by atoms with van der Waals surface area (Å²) >= 11 is 0. The molecule has 1 atom stereocenters. The van der Waals surface area contributed by atoms with Gasteiger partial charge in [0, 0.05) is 24.8 Å². The number of nitrogens with zero attached hydrogens (tertiary/aromatic N) is 2. The third kappa shape index (κ3) is 2.86. The number of amides is 3. The normalized spacial score (nSPS) is 19.8. The zero-order valence-electron chi connectivity index (χ0n) is 13.2. The van der Waals surface area contributed by atoms with Crippen molar-refractivity contribution in [2.45, 2.75) is 26.4 Å². The first-order valence-electron chi connectivity index (χ1n) is 7.65. The largest absolute Gasteiger partial charge is 0.442 e. The zero-order valence-corrected chi connectivity index (χ0v) is 13.2. The number of rotatable bonds is 4. The Kier molecular flexibility index (Phi) is 3.94. The van der Waals surface area contributed by atoms with Crippen LogP contribution in [0.5, 0.6) is 0 Å². The summed E-state index contributed by atoms with van der Waals surface area (Å²) in [6.07, 6.45) is -0.444. The second-order valence-electron chi connectivity index (χ2n) is 5.68. The Morgan fingerprint density at radius 3 is 2.87 bits per heavy atom. The monoisotopic (exact) mass is 317 g/mol. The van der Waals surface area contributed by atoms with Crippen LogP contribution in [0.1, 0.15) is 19.4 Å². The summed E-state index contributed by atoms with van der Waals surface area (Å²) in [5, 5.41) is 2.65. The van der Waals surface area contributed by atoms with Gasteiger partial charge in [-0.2, -0.15) is 0 Å². The molecule has 1 N–H and O–H groups in total. The molecule has 0 bridgehead atoms.